The lowest BCUT2D eigenvalue weighted by Crippen LogP contribution is -2.91. The number of sulfone groups is 1. The van der Waals surface area contributed by atoms with E-state index < -0.39 is 9.84 Å². The third-order valence-electron chi connectivity index (χ3n) is 2.18. The third kappa shape index (κ3) is 4.50. The monoisotopic (exact) mass is 254 g/mol. The van der Waals surface area contributed by atoms with Crippen LogP contribution < -0.4 is 10.6 Å². The summed E-state index contributed by atoms with van der Waals surface area (Å²) in [5, 5.41) is 4.90. The van der Waals surface area contributed by atoms with Gasteiger partial charge in [-0.15, -0.1) is 0 Å². The molecule has 1 aliphatic rings. The zero-order valence-electron chi connectivity index (χ0n) is 7.73. The Labute approximate surface area is 95.2 Å². The molecule has 0 aromatic rings. The van der Waals surface area contributed by atoms with Gasteiger partial charge in [-0.1, -0.05) is 4.32 Å². The molecule has 1 fully saturated rings. The van der Waals surface area contributed by atoms with Crippen LogP contribution in [-0.2, 0) is 22.5 Å². The van der Waals surface area contributed by atoms with Crippen LogP contribution in [0.15, 0.2) is 0 Å². The van der Waals surface area contributed by atoms with E-state index in [9.17, 15) is 8.42 Å². The maximum absolute atomic E-state index is 11.1. The molecule has 0 spiro atoms. The van der Waals surface area contributed by atoms with Gasteiger partial charge in [0.2, 0.25) is 0 Å². The number of hydrogen-bond acceptors (Lipinski definition) is 4. The predicted octanol–water partition coefficient (Wildman–Crippen LogP) is -1.84. The van der Waals surface area contributed by atoms with Crippen molar-refractivity contribution >= 4 is 39.0 Å². The molecule has 1 aliphatic heterocycles. The molecule has 82 valence electrons. The molecule has 1 heterocycles. The first kappa shape index (κ1) is 12.1. The Hall–Kier alpha value is 0.0200. The van der Waals surface area contributed by atoms with Crippen LogP contribution in [0.5, 0.6) is 0 Å². The molecular formula is C7H14N2O2S3. The fourth-order valence-electron chi connectivity index (χ4n) is 1.50. The molecule has 0 aromatic carbocycles. The van der Waals surface area contributed by atoms with Crippen molar-refractivity contribution in [3.05, 3.63) is 0 Å². The second-order valence-electron chi connectivity index (χ2n) is 3.40. The quantitative estimate of drug-likeness (QED) is 0.351. The van der Waals surface area contributed by atoms with E-state index in [4.69, 9.17) is 0 Å². The normalized spacial score (nSPS) is 24.7. The molecule has 7 heteroatoms. The lowest BCUT2D eigenvalue weighted by molar-refractivity contribution is -0.682. The van der Waals surface area contributed by atoms with Crippen molar-refractivity contribution in [3.63, 3.8) is 0 Å². The molecule has 0 bridgehead atoms. The fourth-order valence-corrected chi connectivity index (χ4v) is 3.49. The van der Waals surface area contributed by atoms with E-state index in [0.29, 0.717) is 22.4 Å². The van der Waals surface area contributed by atoms with Gasteiger partial charge in [-0.25, -0.2) is 8.42 Å². The molecule has 0 unspecified atom stereocenters. The van der Waals surface area contributed by atoms with Crippen molar-refractivity contribution in [2.75, 3.05) is 24.6 Å². The van der Waals surface area contributed by atoms with Crippen LogP contribution in [0, 0.1) is 0 Å². The topological polar surface area (TPSA) is 62.8 Å². The summed E-state index contributed by atoms with van der Waals surface area (Å²) in [4.78, 5) is 0. The number of nitrogens with one attached hydrogen (secondary N) is 1. The minimum absolute atomic E-state index is 0.223. The summed E-state index contributed by atoms with van der Waals surface area (Å²) in [7, 11) is -2.75. The van der Waals surface area contributed by atoms with Crippen LogP contribution >= 0.6 is 12.2 Å². The maximum atomic E-state index is 11.1. The van der Waals surface area contributed by atoms with Crippen molar-refractivity contribution in [1.29, 1.82) is 0 Å². The summed E-state index contributed by atoms with van der Waals surface area (Å²) < 4.78 is 22.6. The Morgan fingerprint density at radius 3 is 2.86 bits per heavy atom. The molecule has 1 saturated heterocycles. The van der Waals surface area contributed by atoms with Gasteiger partial charge in [0.05, 0.1) is 18.8 Å². The average molecular weight is 254 g/mol. The van der Waals surface area contributed by atoms with Crippen molar-refractivity contribution in [1.82, 2.24) is 5.32 Å². The zero-order valence-corrected chi connectivity index (χ0v) is 10.2. The third-order valence-corrected chi connectivity index (χ3v) is 4.26. The standard InChI is InChI=1S/C7H14N2O2S3/c10-14(11)4-1-6(5-14)8-2-3-9-7(12)13/h6,8H,1-5H2,(H2,9,12,13)/t6-/m0/s1. The highest BCUT2D eigenvalue weighted by atomic mass is 32.2. The van der Waals surface area contributed by atoms with Gasteiger partial charge >= 0.3 is 0 Å². The van der Waals surface area contributed by atoms with Gasteiger partial charge in [0.25, 0.3) is 0 Å². The number of hydrogen-bond donors (Lipinski definition) is 2. The van der Waals surface area contributed by atoms with Crippen LogP contribution in [0.1, 0.15) is 6.42 Å². The van der Waals surface area contributed by atoms with Crippen LogP contribution in [-0.4, -0.2) is 43.4 Å². The number of nitrogens with two attached hydrogens (primary N) is 1. The lowest BCUT2D eigenvalue weighted by Gasteiger charge is -2.10. The molecule has 0 radical (unpaired) electrons. The Kier molecular flexibility index (Phi) is 4.49. The molecule has 0 amide bonds. The second-order valence-corrected chi connectivity index (χ2v) is 6.71. The van der Waals surface area contributed by atoms with Crippen LogP contribution in [0.2, 0.25) is 0 Å². The van der Waals surface area contributed by atoms with E-state index in [-0.39, 0.29) is 6.04 Å². The molecule has 14 heavy (non-hydrogen) atoms. The first-order valence-corrected chi connectivity index (χ1v) is 7.12. The highest BCUT2D eigenvalue weighted by Gasteiger charge is 2.29. The first-order chi connectivity index (χ1) is 6.49. The summed E-state index contributed by atoms with van der Waals surface area (Å²) in [5.41, 5.74) is 0. The molecule has 4 nitrogen and oxygen atoms in total. The van der Waals surface area contributed by atoms with E-state index in [2.05, 4.69) is 30.2 Å². The molecule has 0 aromatic heterocycles. The van der Waals surface area contributed by atoms with E-state index in [1.165, 1.54) is 0 Å². The summed E-state index contributed by atoms with van der Waals surface area (Å²) >= 11 is 9.35. The summed E-state index contributed by atoms with van der Waals surface area (Å²) in [6, 6.07) is 0.223. The molecule has 1 rings (SSSR count). The Morgan fingerprint density at radius 1 is 1.64 bits per heavy atom. The van der Waals surface area contributed by atoms with Crippen molar-refractivity contribution in [2.45, 2.75) is 12.5 Å². The lowest BCUT2D eigenvalue weighted by atomic mass is 10.3. The number of rotatable bonds is 4. The minimum Gasteiger partial charge on any atom is -0.412 e. The SMILES string of the molecule is O=S1(=O)CC[C@H]([NH2+]CCNC(=S)[S-])C1. The zero-order chi connectivity index (χ0) is 10.6. The van der Waals surface area contributed by atoms with Crippen LogP contribution in [0.25, 0.3) is 0 Å². The van der Waals surface area contributed by atoms with E-state index in [1.807, 2.05) is 5.32 Å². The summed E-state index contributed by atoms with van der Waals surface area (Å²) in [6.07, 6.45) is 0.765. The van der Waals surface area contributed by atoms with Gasteiger partial charge in [-0.2, -0.15) is 0 Å². The van der Waals surface area contributed by atoms with Crippen molar-refractivity contribution in [3.8, 4) is 0 Å². The fraction of sp³-hybridized carbons (Fsp3) is 0.857. The van der Waals surface area contributed by atoms with Gasteiger partial charge in [-0.05, 0) is 0 Å². The predicted molar refractivity (Wildman–Crippen MR) is 61.8 cm³/mol. The van der Waals surface area contributed by atoms with E-state index >= 15 is 0 Å². The van der Waals surface area contributed by atoms with Gasteiger partial charge in [0, 0.05) is 6.42 Å². The maximum Gasteiger partial charge on any atom is 0.156 e. The highest BCUT2D eigenvalue weighted by molar-refractivity contribution is 8.00. The van der Waals surface area contributed by atoms with Crippen LogP contribution in [0.4, 0.5) is 0 Å². The van der Waals surface area contributed by atoms with Gasteiger partial charge < -0.3 is 35.5 Å². The second kappa shape index (κ2) is 5.20. The average Bonchev–Trinajstić information content (AvgIpc) is 2.39. The molecule has 0 saturated carbocycles. The smallest absolute Gasteiger partial charge is 0.156 e. The van der Waals surface area contributed by atoms with Crippen molar-refractivity contribution < 1.29 is 13.7 Å². The first-order valence-electron chi connectivity index (χ1n) is 4.48. The highest BCUT2D eigenvalue weighted by Crippen LogP contribution is 2.07. The van der Waals surface area contributed by atoms with E-state index in [0.717, 1.165) is 13.0 Å². The van der Waals surface area contributed by atoms with E-state index in [1.54, 1.807) is 0 Å². The minimum atomic E-state index is -2.75. The molecule has 0 aliphatic carbocycles. The Morgan fingerprint density at radius 2 is 2.36 bits per heavy atom. The summed E-state index contributed by atoms with van der Waals surface area (Å²) in [6.45, 7) is 1.52. The Balaban J connectivity index is 2.12. The summed E-state index contributed by atoms with van der Waals surface area (Å²) in [5.74, 6) is 0.645. The molecule has 1 atom stereocenters. The van der Waals surface area contributed by atoms with Gasteiger partial charge in [0.1, 0.15) is 11.8 Å². The van der Waals surface area contributed by atoms with Gasteiger partial charge in [0.15, 0.2) is 9.84 Å². The van der Waals surface area contributed by atoms with Crippen LogP contribution in [0.3, 0.4) is 0 Å². The largest absolute Gasteiger partial charge is 0.412 e. The molecular weight excluding hydrogens is 240 g/mol. The molecule has 3 N–H and O–H groups in total. The number of quaternary nitrogens is 1. The number of thiocarbonyl (C=S) groups is 1. The van der Waals surface area contributed by atoms with Crippen molar-refractivity contribution in [2.24, 2.45) is 0 Å². The Bertz CT molecular complexity index is 302. The van der Waals surface area contributed by atoms with Gasteiger partial charge in [-0.3, -0.25) is 0 Å².